The van der Waals surface area contributed by atoms with Crippen LogP contribution in [0.4, 0.5) is 8.78 Å². The Morgan fingerprint density at radius 3 is 2.29 bits per heavy atom. The number of nitrogens with one attached hydrogen (secondary N) is 1. The van der Waals surface area contributed by atoms with Crippen molar-refractivity contribution in [3.63, 3.8) is 0 Å². The largest absolute Gasteiger partial charge is 0.480 e. The Balaban J connectivity index is 2.70. The summed E-state index contributed by atoms with van der Waals surface area (Å²) >= 11 is 0. The van der Waals surface area contributed by atoms with Crippen LogP contribution in [0.3, 0.4) is 0 Å². The van der Waals surface area contributed by atoms with Crippen molar-refractivity contribution >= 4 is 17.8 Å². The van der Waals surface area contributed by atoms with Crippen molar-refractivity contribution in [1.29, 1.82) is 0 Å². The minimum absolute atomic E-state index is 0.198. The Labute approximate surface area is 118 Å². The van der Waals surface area contributed by atoms with Gasteiger partial charge in [0.2, 0.25) is 11.8 Å². The highest BCUT2D eigenvalue weighted by Crippen LogP contribution is 2.12. The van der Waals surface area contributed by atoms with Crippen LogP contribution in [-0.4, -0.2) is 28.9 Å². The molecule has 2 amide bonds. The summed E-state index contributed by atoms with van der Waals surface area (Å²) in [6, 6.07) is 1.79. The second-order valence-electron chi connectivity index (χ2n) is 4.34. The number of carboxylic acid groups (broad SMARTS) is 1. The van der Waals surface area contributed by atoms with E-state index in [1.807, 2.05) is 0 Å². The van der Waals surface area contributed by atoms with E-state index in [-0.39, 0.29) is 12.8 Å². The summed E-state index contributed by atoms with van der Waals surface area (Å²) < 4.78 is 26.7. The summed E-state index contributed by atoms with van der Waals surface area (Å²) in [5.74, 6) is -4.73. The zero-order valence-electron chi connectivity index (χ0n) is 10.9. The maximum absolute atomic E-state index is 13.4. The molecule has 1 aromatic carbocycles. The molecule has 0 heterocycles. The van der Waals surface area contributed by atoms with E-state index in [1.54, 1.807) is 0 Å². The average Bonchev–Trinajstić information content (AvgIpc) is 2.38. The third-order valence-corrected chi connectivity index (χ3v) is 2.71. The van der Waals surface area contributed by atoms with Crippen molar-refractivity contribution < 1.29 is 28.3 Å². The Morgan fingerprint density at radius 2 is 1.81 bits per heavy atom. The van der Waals surface area contributed by atoms with Crippen LogP contribution in [0.5, 0.6) is 0 Å². The first-order valence-corrected chi connectivity index (χ1v) is 6.04. The van der Waals surface area contributed by atoms with Gasteiger partial charge in [0.25, 0.3) is 0 Å². The van der Waals surface area contributed by atoms with E-state index in [0.29, 0.717) is 0 Å². The standard InChI is InChI=1S/C13H14F2N2O4/c14-8-2-1-3-9(15)7(8)6-12(19)17-10(13(20)21)4-5-11(16)18/h1-3,10H,4-6H2,(H2,16,18)(H,17,19)(H,20,21). The first kappa shape index (κ1) is 16.5. The second-order valence-corrected chi connectivity index (χ2v) is 4.34. The van der Waals surface area contributed by atoms with Gasteiger partial charge in [0.1, 0.15) is 17.7 Å². The van der Waals surface area contributed by atoms with Gasteiger partial charge in [-0.1, -0.05) is 6.07 Å². The SMILES string of the molecule is NC(=O)CCC(NC(=O)Cc1c(F)cccc1F)C(=O)O. The van der Waals surface area contributed by atoms with Gasteiger partial charge in [0.05, 0.1) is 6.42 Å². The van der Waals surface area contributed by atoms with Crippen LogP contribution in [0.25, 0.3) is 0 Å². The fourth-order valence-corrected chi connectivity index (χ4v) is 1.65. The molecule has 114 valence electrons. The van der Waals surface area contributed by atoms with Gasteiger partial charge in [0.15, 0.2) is 0 Å². The fourth-order valence-electron chi connectivity index (χ4n) is 1.65. The molecule has 0 radical (unpaired) electrons. The first-order chi connectivity index (χ1) is 9.81. The van der Waals surface area contributed by atoms with Crippen molar-refractivity contribution in [2.24, 2.45) is 5.73 Å². The minimum atomic E-state index is -1.36. The topological polar surface area (TPSA) is 109 Å². The first-order valence-electron chi connectivity index (χ1n) is 6.04. The van der Waals surface area contributed by atoms with Crippen LogP contribution < -0.4 is 11.1 Å². The molecule has 0 saturated heterocycles. The van der Waals surface area contributed by atoms with Gasteiger partial charge in [-0.05, 0) is 18.6 Å². The summed E-state index contributed by atoms with van der Waals surface area (Å²) in [5.41, 5.74) is 4.44. The fraction of sp³-hybridized carbons (Fsp3) is 0.308. The van der Waals surface area contributed by atoms with E-state index in [1.165, 1.54) is 0 Å². The van der Waals surface area contributed by atoms with Crippen LogP contribution >= 0.6 is 0 Å². The average molecular weight is 300 g/mol. The van der Waals surface area contributed by atoms with E-state index < -0.39 is 47.4 Å². The summed E-state index contributed by atoms with van der Waals surface area (Å²) in [5, 5.41) is 11.0. The molecular formula is C13H14F2N2O4. The maximum atomic E-state index is 13.4. The molecule has 0 fully saturated rings. The number of halogens is 2. The number of hydrogen-bond donors (Lipinski definition) is 3. The van der Waals surface area contributed by atoms with E-state index >= 15 is 0 Å². The number of primary amides is 1. The third kappa shape index (κ3) is 5.17. The molecule has 4 N–H and O–H groups in total. The number of benzene rings is 1. The predicted octanol–water partition coefficient (Wildman–Crippen LogP) is 0.342. The zero-order valence-corrected chi connectivity index (χ0v) is 10.9. The summed E-state index contributed by atoms with van der Waals surface area (Å²) in [6.45, 7) is 0. The molecule has 21 heavy (non-hydrogen) atoms. The number of carbonyl (C=O) groups is 3. The summed E-state index contributed by atoms with van der Waals surface area (Å²) in [4.78, 5) is 33.2. The van der Waals surface area contributed by atoms with Gasteiger partial charge in [-0.25, -0.2) is 13.6 Å². The van der Waals surface area contributed by atoms with Gasteiger partial charge >= 0.3 is 5.97 Å². The number of rotatable bonds is 7. The summed E-state index contributed by atoms with van der Waals surface area (Å²) in [6.07, 6.45) is -1.07. The number of carbonyl (C=O) groups excluding carboxylic acids is 2. The van der Waals surface area contributed by atoms with Crippen LogP contribution in [0.1, 0.15) is 18.4 Å². The van der Waals surface area contributed by atoms with Crippen LogP contribution in [0.2, 0.25) is 0 Å². The molecule has 1 rings (SSSR count). The smallest absolute Gasteiger partial charge is 0.326 e. The van der Waals surface area contributed by atoms with E-state index in [4.69, 9.17) is 10.8 Å². The lowest BCUT2D eigenvalue weighted by Crippen LogP contribution is -2.42. The maximum Gasteiger partial charge on any atom is 0.326 e. The highest BCUT2D eigenvalue weighted by atomic mass is 19.1. The van der Waals surface area contributed by atoms with Crippen molar-refractivity contribution in [1.82, 2.24) is 5.32 Å². The van der Waals surface area contributed by atoms with Gasteiger partial charge in [-0.3, -0.25) is 9.59 Å². The molecule has 0 aliphatic heterocycles. The quantitative estimate of drug-likeness (QED) is 0.674. The molecule has 0 bridgehead atoms. The van der Waals surface area contributed by atoms with Gasteiger partial charge in [-0.2, -0.15) is 0 Å². The zero-order chi connectivity index (χ0) is 16.0. The Bertz CT molecular complexity index is 543. The predicted molar refractivity (Wildman–Crippen MR) is 68.1 cm³/mol. The highest BCUT2D eigenvalue weighted by Gasteiger charge is 2.22. The normalized spacial score (nSPS) is 11.7. The van der Waals surface area contributed by atoms with E-state index in [0.717, 1.165) is 18.2 Å². The molecule has 6 nitrogen and oxygen atoms in total. The van der Waals surface area contributed by atoms with E-state index in [9.17, 15) is 23.2 Å². The van der Waals surface area contributed by atoms with Crippen molar-refractivity contribution in [2.45, 2.75) is 25.3 Å². The van der Waals surface area contributed by atoms with Crippen LogP contribution in [-0.2, 0) is 20.8 Å². The Morgan fingerprint density at radius 1 is 1.24 bits per heavy atom. The molecule has 0 spiro atoms. The van der Waals surface area contributed by atoms with Crippen molar-refractivity contribution in [2.75, 3.05) is 0 Å². The van der Waals surface area contributed by atoms with Crippen LogP contribution in [0, 0.1) is 11.6 Å². The lowest BCUT2D eigenvalue weighted by atomic mass is 10.1. The molecule has 0 aliphatic rings. The molecule has 1 aromatic rings. The molecule has 0 aliphatic carbocycles. The van der Waals surface area contributed by atoms with Crippen LogP contribution in [0.15, 0.2) is 18.2 Å². The minimum Gasteiger partial charge on any atom is -0.480 e. The van der Waals surface area contributed by atoms with E-state index in [2.05, 4.69) is 5.32 Å². The molecule has 1 atom stereocenters. The molecule has 8 heteroatoms. The number of aliphatic carboxylic acids is 1. The van der Waals surface area contributed by atoms with Gasteiger partial charge in [0, 0.05) is 12.0 Å². The molecule has 0 aromatic heterocycles. The lowest BCUT2D eigenvalue weighted by Gasteiger charge is -2.14. The highest BCUT2D eigenvalue weighted by molar-refractivity contribution is 5.85. The van der Waals surface area contributed by atoms with Gasteiger partial charge < -0.3 is 16.2 Å². The second kappa shape index (κ2) is 7.32. The number of carboxylic acids is 1. The monoisotopic (exact) mass is 300 g/mol. The molecule has 0 saturated carbocycles. The number of nitrogens with two attached hydrogens (primary N) is 1. The summed E-state index contributed by atoms with van der Waals surface area (Å²) in [7, 11) is 0. The van der Waals surface area contributed by atoms with Crippen molar-refractivity contribution in [3.05, 3.63) is 35.4 Å². The number of hydrogen-bond acceptors (Lipinski definition) is 3. The Kier molecular flexibility index (Phi) is 5.77. The molecular weight excluding hydrogens is 286 g/mol. The molecule has 1 unspecified atom stereocenters. The van der Waals surface area contributed by atoms with Gasteiger partial charge in [-0.15, -0.1) is 0 Å². The number of amides is 2. The van der Waals surface area contributed by atoms with Crippen molar-refractivity contribution in [3.8, 4) is 0 Å². The lowest BCUT2D eigenvalue weighted by molar-refractivity contribution is -0.142. The third-order valence-electron chi connectivity index (χ3n) is 2.71. The Hall–Kier alpha value is -2.51.